The van der Waals surface area contributed by atoms with E-state index < -0.39 is 0 Å². The average molecular weight is 169 g/mol. The Morgan fingerprint density at radius 2 is 1.75 bits per heavy atom. The molecular formula is C11H23N. The van der Waals surface area contributed by atoms with Crippen LogP contribution in [0.15, 0.2) is 0 Å². The number of hydrogen-bond donors (Lipinski definition) is 0. The van der Waals surface area contributed by atoms with E-state index in [0.29, 0.717) is 0 Å². The van der Waals surface area contributed by atoms with Gasteiger partial charge in [0.15, 0.2) is 0 Å². The van der Waals surface area contributed by atoms with Crippen LogP contribution < -0.4 is 0 Å². The van der Waals surface area contributed by atoms with Crippen LogP contribution in [0.3, 0.4) is 0 Å². The van der Waals surface area contributed by atoms with Gasteiger partial charge in [0, 0.05) is 12.1 Å². The molecule has 0 aliphatic carbocycles. The SMILES string of the molecule is CC1CCN(C(C)C)C(C)C1C. The van der Waals surface area contributed by atoms with Gasteiger partial charge in [-0.25, -0.2) is 0 Å². The van der Waals surface area contributed by atoms with Crippen LogP contribution in [0.5, 0.6) is 0 Å². The molecule has 0 radical (unpaired) electrons. The van der Waals surface area contributed by atoms with Crippen LogP contribution in [0.1, 0.15) is 41.0 Å². The predicted octanol–water partition coefficient (Wildman–Crippen LogP) is 2.76. The van der Waals surface area contributed by atoms with E-state index in [1.807, 2.05) is 0 Å². The fraction of sp³-hybridized carbons (Fsp3) is 1.00. The Labute approximate surface area is 77.1 Å². The van der Waals surface area contributed by atoms with Gasteiger partial charge in [-0.05, 0) is 45.6 Å². The molecule has 1 heterocycles. The predicted molar refractivity (Wildman–Crippen MR) is 54.2 cm³/mol. The van der Waals surface area contributed by atoms with E-state index in [4.69, 9.17) is 0 Å². The zero-order valence-electron chi connectivity index (χ0n) is 9.17. The van der Waals surface area contributed by atoms with Gasteiger partial charge < -0.3 is 0 Å². The van der Waals surface area contributed by atoms with Crippen LogP contribution in [-0.2, 0) is 0 Å². The van der Waals surface area contributed by atoms with Gasteiger partial charge in [-0.2, -0.15) is 0 Å². The summed E-state index contributed by atoms with van der Waals surface area (Å²) >= 11 is 0. The molecule has 0 aromatic heterocycles. The third-order valence-corrected chi connectivity index (χ3v) is 3.69. The summed E-state index contributed by atoms with van der Waals surface area (Å²) in [5, 5.41) is 0. The van der Waals surface area contributed by atoms with Crippen molar-refractivity contribution in [1.82, 2.24) is 4.90 Å². The first-order valence-corrected chi connectivity index (χ1v) is 5.29. The minimum atomic E-state index is 0.718. The first-order valence-electron chi connectivity index (χ1n) is 5.29. The molecule has 0 amide bonds. The van der Waals surface area contributed by atoms with E-state index in [2.05, 4.69) is 39.5 Å². The molecular weight excluding hydrogens is 146 g/mol. The number of likely N-dealkylation sites (tertiary alicyclic amines) is 1. The molecule has 1 fully saturated rings. The number of piperidine rings is 1. The van der Waals surface area contributed by atoms with Crippen molar-refractivity contribution in [2.24, 2.45) is 11.8 Å². The summed E-state index contributed by atoms with van der Waals surface area (Å²) in [6.45, 7) is 13.1. The van der Waals surface area contributed by atoms with Gasteiger partial charge in [0.1, 0.15) is 0 Å². The van der Waals surface area contributed by atoms with Crippen LogP contribution in [0.25, 0.3) is 0 Å². The highest BCUT2D eigenvalue weighted by Crippen LogP contribution is 2.29. The summed E-state index contributed by atoms with van der Waals surface area (Å²) in [5.74, 6) is 1.77. The van der Waals surface area contributed by atoms with E-state index in [-0.39, 0.29) is 0 Å². The lowest BCUT2D eigenvalue weighted by Crippen LogP contribution is -2.48. The molecule has 1 nitrogen and oxygen atoms in total. The third-order valence-electron chi connectivity index (χ3n) is 3.69. The molecule has 1 saturated heterocycles. The molecule has 0 N–H and O–H groups in total. The van der Waals surface area contributed by atoms with Gasteiger partial charge in [-0.3, -0.25) is 4.90 Å². The van der Waals surface area contributed by atoms with E-state index in [0.717, 1.165) is 23.9 Å². The Kier molecular flexibility index (Phi) is 3.16. The van der Waals surface area contributed by atoms with Crippen LogP contribution in [-0.4, -0.2) is 23.5 Å². The molecule has 3 atom stereocenters. The number of nitrogens with zero attached hydrogens (tertiary/aromatic N) is 1. The summed E-state index contributed by atoms with van der Waals surface area (Å²) in [6, 6.07) is 1.49. The van der Waals surface area contributed by atoms with Crippen molar-refractivity contribution in [3.63, 3.8) is 0 Å². The highest BCUT2D eigenvalue weighted by Gasteiger charge is 2.30. The van der Waals surface area contributed by atoms with Gasteiger partial charge in [-0.15, -0.1) is 0 Å². The first-order chi connectivity index (χ1) is 5.54. The lowest BCUT2D eigenvalue weighted by atomic mass is 9.82. The van der Waals surface area contributed by atoms with Crippen molar-refractivity contribution >= 4 is 0 Å². The summed E-state index contributed by atoms with van der Waals surface area (Å²) < 4.78 is 0. The molecule has 1 rings (SSSR count). The minimum absolute atomic E-state index is 0.718. The quantitative estimate of drug-likeness (QED) is 0.583. The topological polar surface area (TPSA) is 3.24 Å². The molecule has 0 aromatic carbocycles. The largest absolute Gasteiger partial charge is 0.298 e. The fourth-order valence-electron chi connectivity index (χ4n) is 2.33. The van der Waals surface area contributed by atoms with Gasteiger partial charge in [0.2, 0.25) is 0 Å². The van der Waals surface area contributed by atoms with E-state index in [1.54, 1.807) is 0 Å². The number of rotatable bonds is 1. The Bertz CT molecular complexity index is 142. The molecule has 0 spiro atoms. The van der Waals surface area contributed by atoms with E-state index in [9.17, 15) is 0 Å². The molecule has 0 bridgehead atoms. The Balaban J connectivity index is 2.58. The molecule has 1 aliphatic rings. The van der Waals surface area contributed by atoms with Gasteiger partial charge in [-0.1, -0.05) is 13.8 Å². The molecule has 12 heavy (non-hydrogen) atoms. The Morgan fingerprint density at radius 3 is 2.25 bits per heavy atom. The highest BCUT2D eigenvalue weighted by molar-refractivity contribution is 4.84. The van der Waals surface area contributed by atoms with Crippen molar-refractivity contribution in [2.75, 3.05) is 6.54 Å². The lowest BCUT2D eigenvalue weighted by Gasteiger charge is -2.43. The molecule has 3 unspecified atom stereocenters. The molecule has 1 aliphatic heterocycles. The zero-order chi connectivity index (χ0) is 9.30. The molecule has 1 heteroatoms. The lowest BCUT2D eigenvalue weighted by molar-refractivity contribution is 0.0502. The minimum Gasteiger partial charge on any atom is -0.298 e. The Hall–Kier alpha value is -0.0400. The van der Waals surface area contributed by atoms with Gasteiger partial charge >= 0.3 is 0 Å². The first kappa shape index (κ1) is 10.0. The molecule has 0 aromatic rings. The van der Waals surface area contributed by atoms with Crippen molar-refractivity contribution in [1.29, 1.82) is 0 Å². The Morgan fingerprint density at radius 1 is 1.17 bits per heavy atom. The van der Waals surface area contributed by atoms with Crippen molar-refractivity contribution in [3.05, 3.63) is 0 Å². The van der Waals surface area contributed by atoms with Crippen LogP contribution in [0.2, 0.25) is 0 Å². The molecule has 0 saturated carbocycles. The maximum absolute atomic E-state index is 2.63. The van der Waals surface area contributed by atoms with Crippen LogP contribution >= 0.6 is 0 Å². The van der Waals surface area contributed by atoms with Crippen LogP contribution in [0, 0.1) is 11.8 Å². The second-order valence-corrected chi connectivity index (χ2v) is 4.70. The number of hydrogen-bond acceptors (Lipinski definition) is 1. The van der Waals surface area contributed by atoms with Gasteiger partial charge in [0.05, 0.1) is 0 Å². The van der Waals surface area contributed by atoms with Crippen LogP contribution in [0.4, 0.5) is 0 Å². The van der Waals surface area contributed by atoms with E-state index in [1.165, 1.54) is 13.0 Å². The maximum atomic E-state index is 2.63. The summed E-state index contributed by atoms with van der Waals surface area (Å²) in [6.07, 6.45) is 1.38. The second kappa shape index (κ2) is 3.78. The smallest absolute Gasteiger partial charge is 0.00978 e. The van der Waals surface area contributed by atoms with E-state index >= 15 is 0 Å². The fourth-order valence-corrected chi connectivity index (χ4v) is 2.33. The van der Waals surface area contributed by atoms with Gasteiger partial charge in [0.25, 0.3) is 0 Å². The van der Waals surface area contributed by atoms with Crippen molar-refractivity contribution in [2.45, 2.75) is 53.1 Å². The standard InChI is InChI=1S/C11H23N/c1-8(2)12-7-6-9(3)10(4)11(12)5/h8-11H,6-7H2,1-5H3. The molecule has 72 valence electrons. The average Bonchev–Trinajstić information content (AvgIpc) is 2.00. The van der Waals surface area contributed by atoms with Crippen molar-refractivity contribution < 1.29 is 0 Å². The third kappa shape index (κ3) is 1.82. The summed E-state index contributed by atoms with van der Waals surface area (Å²) in [5.41, 5.74) is 0. The summed E-state index contributed by atoms with van der Waals surface area (Å²) in [7, 11) is 0. The summed E-state index contributed by atoms with van der Waals surface area (Å²) in [4.78, 5) is 2.63. The normalized spacial score (nSPS) is 39.0. The van der Waals surface area contributed by atoms with Crippen molar-refractivity contribution in [3.8, 4) is 0 Å². The monoisotopic (exact) mass is 169 g/mol. The second-order valence-electron chi connectivity index (χ2n) is 4.70. The highest BCUT2D eigenvalue weighted by atomic mass is 15.2. The zero-order valence-corrected chi connectivity index (χ0v) is 9.17. The maximum Gasteiger partial charge on any atom is 0.00978 e.